The number of methoxy groups -OCH3 is 1. The zero-order valence-electron chi connectivity index (χ0n) is 15.6. The number of anilines is 1. The molecule has 0 aromatic heterocycles. The predicted octanol–water partition coefficient (Wildman–Crippen LogP) is 3.13. The minimum atomic E-state index is -3.56. The Bertz CT molecular complexity index is 821. The lowest BCUT2D eigenvalue weighted by atomic mass is 9.97. The molecule has 0 heterocycles. The molecular weight excluding hydrogens is 364 g/mol. The molecule has 0 saturated carbocycles. The molecule has 0 bridgehead atoms. The summed E-state index contributed by atoms with van der Waals surface area (Å²) in [6.07, 6.45) is 0.953. The van der Waals surface area contributed by atoms with Crippen LogP contribution >= 0.6 is 0 Å². The lowest BCUT2D eigenvalue weighted by Crippen LogP contribution is -2.25. The van der Waals surface area contributed by atoms with Crippen LogP contribution < -0.4 is 10.0 Å². The third-order valence-electron chi connectivity index (χ3n) is 4.13. The molecule has 0 aliphatic heterocycles. The largest absolute Gasteiger partial charge is 0.385 e. The van der Waals surface area contributed by atoms with E-state index in [1.807, 2.05) is 37.3 Å². The maximum atomic E-state index is 12.2. The molecule has 7 heteroatoms. The van der Waals surface area contributed by atoms with E-state index < -0.39 is 10.0 Å². The third kappa shape index (κ3) is 6.78. The van der Waals surface area contributed by atoms with Gasteiger partial charge in [-0.25, -0.2) is 13.1 Å². The van der Waals surface area contributed by atoms with Crippen molar-refractivity contribution < 1.29 is 17.9 Å². The van der Waals surface area contributed by atoms with Crippen molar-refractivity contribution in [2.24, 2.45) is 0 Å². The molecule has 0 spiro atoms. The lowest BCUT2D eigenvalue weighted by molar-refractivity contribution is -0.116. The van der Waals surface area contributed by atoms with Crippen molar-refractivity contribution in [3.63, 3.8) is 0 Å². The lowest BCUT2D eigenvalue weighted by Gasteiger charge is -2.12. The summed E-state index contributed by atoms with van der Waals surface area (Å²) in [5.41, 5.74) is 1.67. The Morgan fingerprint density at radius 3 is 2.37 bits per heavy atom. The first-order chi connectivity index (χ1) is 12.9. The Balaban J connectivity index is 1.90. The molecular formula is C20H26N2O4S. The van der Waals surface area contributed by atoms with Gasteiger partial charge in [0, 0.05) is 32.4 Å². The summed E-state index contributed by atoms with van der Waals surface area (Å²) in [6, 6.07) is 16.0. The van der Waals surface area contributed by atoms with Gasteiger partial charge >= 0.3 is 0 Å². The first kappa shape index (κ1) is 21.1. The van der Waals surface area contributed by atoms with Crippen molar-refractivity contribution in [3.05, 3.63) is 60.2 Å². The molecule has 2 rings (SSSR count). The first-order valence-electron chi connectivity index (χ1n) is 8.86. The van der Waals surface area contributed by atoms with Crippen LogP contribution in [0.15, 0.2) is 59.5 Å². The number of nitrogens with one attached hydrogen (secondary N) is 2. The number of hydrogen-bond acceptors (Lipinski definition) is 4. The molecule has 0 aliphatic rings. The van der Waals surface area contributed by atoms with Crippen molar-refractivity contribution in [3.8, 4) is 0 Å². The molecule has 0 radical (unpaired) electrons. The second-order valence-corrected chi connectivity index (χ2v) is 8.10. The average molecular weight is 391 g/mol. The number of rotatable bonds is 10. The Morgan fingerprint density at radius 1 is 1.07 bits per heavy atom. The summed E-state index contributed by atoms with van der Waals surface area (Å²) in [5, 5.41) is 2.81. The van der Waals surface area contributed by atoms with Crippen molar-refractivity contribution in [1.82, 2.24) is 4.72 Å². The Hall–Kier alpha value is -2.22. The molecule has 2 N–H and O–H groups in total. The van der Waals surface area contributed by atoms with Crippen molar-refractivity contribution in [2.75, 3.05) is 25.6 Å². The van der Waals surface area contributed by atoms with Crippen LogP contribution in [0.4, 0.5) is 5.69 Å². The van der Waals surface area contributed by atoms with Crippen molar-refractivity contribution in [1.29, 1.82) is 0 Å². The fourth-order valence-electron chi connectivity index (χ4n) is 2.61. The number of sulfonamides is 1. The van der Waals surface area contributed by atoms with E-state index in [0.29, 0.717) is 31.7 Å². The number of ether oxygens (including phenoxy) is 1. The summed E-state index contributed by atoms with van der Waals surface area (Å²) in [7, 11) is -1.99. The minimum absolute atomic E-state index is 0.0992. The molecule has 146 valence electrons. The van der Waals surface area contributed by atoms with Crippen LogP contribution in [0, 0.1) is 0 Å². The first-order valence-corrected chi connectivity index (χ1v) is 10.3. The van der Waals surface area contributed by atoms with Crippen molar-refractivity contribution >= 4 is 21.6 Å². The number of carbonyl (C=O) groups excluding carboxylic acids is 1. The van der Waals surface area contributed by atoms with Gasteiger partial charge < -0.3 is 10.1 Å². The Labute approximate surface area is 161 Å². The monoisotopic (exact) mass is 390 g/mol. The van der Waals surface area contributed by atoms with E-state index in [-0.39, 0.29) is 16.7 Å². The van der Waals surface area contributed by atoms with Gasteiger partial charge in [-0.15, -0.1) is 0 Å². The Morgan fingerprint density at radius 2 is 1.74 bits per heavy atom. The van der Waals surface area contributed by atoms with Crippen LogP contribution in [0.3, 0.4) is 0 Å². The van der Waals surface area contributed by atoms with Gasteiger partial charge in [-0.2, -0.15) is 0 Å². The molecule has 27 heavy (non-hydrogen) atoms. The average Bonchev–Trinajstić information content (AvgIpc) is 2.66. The van der Waals surface area contributed by atoms with Gasteiger partial charge in [0.15, 0.2) is 0 Å². The number of amides is 1. The molecule has 2 aromatic rings. The van der Waals surface area contributed by atoms with E-state index in [2.05, 4.69) is 10.0 Å². The third-order valence-corrected chi connectivity index (χ3v) is 5.60. The smallest absolute Gasteiger partial charge is 0.240 e. The molecule has 1 atom stereocenters. The van der Waals surface area contributed by atoms with Gasteiger partial charge in [0.05, 0.1) is 4.90 Å². The summed E-state index contributed by atoms with van der Waals surface area (Å²) >= 11 is 0. The van der Waals surface area contributed by atoms with E-state index in [4.69, 9.17) is 4.74 Å². The highest BCUT2D eigenvalue weighted by Crippen LogP contribution is 2.20. The van der Waals surface area contributed by atoms with Gasteiger partial charge in [-0.1, -0.05) is 37.3 Å². The van der Waals surface area contributed by atoms with Crippen LogP contribution in [0.25, 0.3) is 0 Å². The summed E-state index contributed by atoms with van der Waals surface area (Å²) < 4.78 is 31.8. The second-order valence-electron chi connectivity index (χ2n) is 6.33. The highest BCUT2D eigenvalue weighted by Gasteiger charge is 2.14. The van der Waals surface area contributed by atoms with Gasteiger partial charge in [0.25, 0.3) is 0 Å². The van der Waals surface area contributed by atoms with E-state index >= 15 is 0 Å². The minimum Gasteiger partial charge on any atom is -0.385 e. The van der Waals surface area contributed by atoms with Gasteiger partial charge in [0.1, 0.15) is 0 Å². The van der Waals surface area contributed by atoms with Gasteiger partial charge in [0.2, 0.25) is 15.9 Å². The molecule has 0 aliphatic carbocycles. The number of hydrogen-bond donors (Lipinski definition) is 2. The fourth-order valence-corrected chi connectivity index (χ4v) is 3.69. The fraction of sp³-hybridized carbons (Fsp3) is 0.350. The summed E-state index contributed by atoms with van der Waals surface area (Å²) in [4.78, 5) is 12.4. The normalized spacial score (nSPS) is 12.5. The maximum Gasteiger partial charge on any atom is 0.240 e. The number of benzene rings is 2. The molecule has 0 unspecified atom stereocenters. The Kier molecular flexibility index (Phi) is 7.97. The summed E-state index contributed by atoms with van der Waals surface area (Å²) in [6.45, 7) is 2.81. The molecule has 6 nitrogen and oxygen atoms in total. The van der Waals surface area contributed by atoms with Crippen LogP contribution in [0.1, 0.15) is 31.2 Å². The van der Waals surface area contributed by atoms with Crippen LogP contribution in [-0.2, 0) is 19.6 Å². The highest BCUT2D eigenvalue weighted by molar-refractivity contribution is 7.89. The SMILES string of the molecule is COCCCNS(=O)(=O)c1ccc(NC(=O)C[C@H](C)c2ccccc2)cc1. The highest BCUT2D eigenvalue weighted by atomic mass is 32.2. The predicted molar refractivity (Wildman–Crippen MR) is 106 cm³/mol. The van der Waals surface area contributed by atoms with Crippen molar-refractivity contribution in [2.45, 2.75) is 30.6 Å². The topological polar surface area (TPSA) is 84.5 Å². The zero-order valence-corrected chi connectivity index (χ0v) is 16.5. The standard InChI is InChI=1S/C20H26N2O4S/c1-16(17-7-4-3-5-8-17)15-20(23)22-18-9-11-19(12-10-18)27(24,25)21-13-6-14-26-2/h3-5,7-12,16,21H,6,13-15H2,1-2H3,(H,22,23)/t16-/m0/s1. The quantitative estimate of drug-likeness (QED) is 0.611. The van der Waals surface area contributed by atoms with E-state index in [9.17, 15) is 13.2 Å². The zero-order chi connectivity index (χ0) is 19.7. The van der Waals surface area contributed by atoms with Gasteiger partial charge in [-0.3, -0.25) is 4.79 Å². The maximum absolute atomic E-state index is 12.2. The van der Waals surface area contributed by atoms with Gasteiger partial charge in [-0.05, 0) is 42.2 Å². The molecule has 1 amide bonds. The van der Waals surface area contributed by atoms with Crippen LogP contribution in [0.5, 0.6) is 0 Å². The molecule has 2 aromatic carbocycles. The second kappa shape index (κ2) is 10.2. The van der Waals surface area contributed by atoms with Crippen LogP contribution in [-0.4, -0.2) is 34.6 Å². The molecule has 0 saturated heterocycles. The van der Waals surface area contributed by atoms with E-state index in [1.165, 1.54) is 12.1 Å². The number of carbonyl (C=O) groups is 1. The molecule has 0 fully saturated rings. The van der Waals surface area contributed by atoms with E-state index in [0.717, 1.165) is 5.56 Å². The summed E-state index contributed by atoms with van der Waals surface area (Å²) in [5.74, 6) is -0.0122. The van der Waals surface area contributed by atoms with E-state index in [1.54, 1.807) is 19.2 Å². The van der Waals surface area contributed by atoms with Crippen LogP contribution in [0.2, 0.25) is 0 Å².